The van der Waals surface area contributed by atoms with E-state index >= 15 is 0 Å². The molecule has 0 bridgehead atoms. The maximum atomic E-state index is 12.7. The Labute approximate surface area is 190 Å². The van der Waals surface area contributed by atoms with Gasteiger partial charge < -0.3 is 9.30 Å². The Bertz CT molecular complexity index is 1200. The van der Waals surface area contributed by atoms with Crippen molar-refractivity contribution in [1.82, 2.24) is 14.5 Å². The van der Waals surface area contributed by atoms with E-state index in [2.05, 4.69) is 21.5 Å². The van der Waals surface area contributed by atoms with E-state index in [1.807, 2.05) is 42.8 Å². The molecule has 5 nitrogen and oxygen atoms in total. The zero-order chi connectivity index (χ0) is 21.8. The number of fused-ring (bicyclic) bond motifs is 1. The molecule has 7 heteroatoms. The quantitative estimate of drug-likeness (QED) is 0.190. The molecule has 0 N–H and O–H groups in total. The second-order valence-electron chi connectivity index (χ2n) is 7.08. The number of hydrogen-bond donors (Lipinski definition) is 0. The van der Waals surface area contributed by atoms with Crippen LogP contribution in [0.2, 0.25) is 5.02 Å². The SMILES string of the molecule is CCCOc1nc(SC)nc2c1ccn2Cc1ccc(C(=O)c2ccc(Cl)cc2)cc1. The van der Waals surface area contributed by atoms with Gasteiger partial charge in [-0.15, -0.1) is 0 Å². The van der Waals surface area contributed by atoms with Gasteiger partial charge in [0.2, 0.25) is 5.88 Å². The smallest absolute Gasteiger partial charge is 0.227 e. The molecule has 0 atom stereocenters. The maximum Gasteiger partial charge on any atom is 0.227 e. The summed E-state index contributed by atoms with van der Waals surface area (Å²) in [5, 5.41) is 2.20. The summed E-state index contributed by atoms with van der Waals surface area (Å²) < 4.78 is 7.92. The Morgan fingerprint density at radius 3 is 2.35 bits per heavy atom. The van der Waals surface area contributed by atoms with Crippen LogP contribution in [-0.2, 0) is 6.54 Å². The molecule has 0 radical (unpaired) electrons. The fraction of sp³-hybridized carbons (Fsp3) is 0.208. The number of ketones is 1. The average Bonchev–Trinajstić information content (AvgIpc) is 3.20. The Morgan fingerprint density at radius 1 is 1.03 bits per heavy atom. The molecule has 4 rings (SSSR count). The topological polar surface area (TPSA) is 57.0 Å². The lowest BCUT2D eigenvalue weighted by atomic mass is 10.0. The highest BCUT2D eigenvalue weighted by Gasteiger charge is 2.14. The van der Waals surface area contributed by atoms with Crippen molar-refractivity contribution in [2.24, 2.45) is 0 Å². The lowest BCUT2D eigenvalue weighted by molar-refractivity contribution is 0.103. The van der Waals surface area contributed by atoms with Crippen molar-refractivity contribution >= 4 is 40.2 Å². The lowest BCUT2D eigenvalue weighted by Crippen LogP contribution is -2.04. The molecule has 0 aliphatic heterocycles. The first-order valence-electron chi connectivity index (χ1n) is 10.0. The molecule has 2 heterocycles. The van der Waals surface area contributed by atoms with E-state index < -0.39 is 0 Å². The Hall–Kier alpha value is -2.83. The van der Waals surface area contributed by atoms with Crippen LogP contribution in [-0.4, -0.2) is 33.2 Å². The number of nitrogens with zero attached hydrogens (tertiary/aromatic N) is 3. The van der Waals surface area contributed by atoms with Crippen LogP contribution in [0.1, 0.15) is 34.8 Å². The fourth-order valence-electron chi connectivity index (χ4n) is 3.27. The predicted molar refractivity (Wildman–Crippen MR) is 126 cm³/mol. The monoisotopic (exact) mass is 451 g/mol. The summed E-state index contributed by atoms with van der Waals surface area (Å²) in [5.41, 5.74) is 3.18. The molecule has 158 valence electrons. The van der Waals surface area contributed by atoms with Crippen LogP contribution in [0.5, 0.6) is 5.88 Å². The van der Waals surface area contributed by atoms with Crippen molar-refractivity contribution in [2.75, 3.05) is 12.9 Å². The number of carbonyl (C=O) groups is 1. The van der Waals surface area contributed by atoms with Gasteiger partial charge in [0.05, 0.1) is 12.0 Å². The highest BCUT2D eigenvalue weighted by molar-refractivity contribution is 7.98. The van der Waals surface area contributed by atoms with Gasteiger partial charge in [-0.25, -0.2) is 4.98 Å². The van der Waals surface area contributed by atoms with Crippen LogP contribution in [0.3, 0.4) is 0 Å². The summed E-state index contributed by atoms with van der Waals surface area (Å²) >= 11 is 7.41. The van der Waals surface area contributed by atoms with Gasteiger partial charge in [0.15, 0.2) is 10.9 Å². The zero-order valence-electron chi connectivity index (χ0n) is 17.3. The van der Waals surface area contributed by atoms with Crippen molar-refractivity contribution in [3.63, 3.8) is 0 Å². The third-order valence-corrected chi connectivity index (χ3v) is 5.66. The molecular formula is C24H22ClN3O2S. The zero-order valence-corrected chi connectivity index (χ0v) is 18.9. The summed E-state index contributed by atoms with van der Waals surface area (Å²) in [6.07, 6.45) is 4.87. The first-order chi connectivity index (χ1) is 15.1. The van der Waals surface area contributed by atoms with Gasteiger partial charge >= 0.3 is 0 Å². The summed E-state index contributed by atoms with van der Waals surface area (Å²) in [7, 11) is 0. The lowest BCUT2D eigenvalue weighted by Gasteiger charge is -2.09. The molecule has 0 aliphatic carbocycles. The van der Waals surface area contributed by atoms with Crippen LogP contribution in [0.25, 0.3) is 11.0 Å². The molecule has 4 aromatic rings. The fourth-order valence-corrected chi connectivity index (χ4v) is 3.75. The Morgan fingerprint density at radius 2 is 1.71 bits per heavy atom. The number of carbonyl (C=O) groups excluding carboxylic acids is 1. The van der Waals surface area contributed by atoms with E-state index in [4.69, 9.17) is 16.3 Å². The van der Waals surface area contributed by atoms with Crippen LogP contribution in [0.4, 0.5) is 0 Å². The first kappa shape index (κ1) is 21.4. The van der Waals surface area contributed by atoms with Crippen molar-refractivity contribution in [1.29, 1.82) is 0 Å². The van der Waals surface area contributed by atoms with Crippen molar-refractivity contribution in [2.45, 2.75) is 25.0 Å². The molecule has 0 saturated carbocycles. The summed E-state index contributed by atoms with van der Waals surface area (Å²) in [6.45, 7) is 3.32. The van der Waals surface area contributed by atoms with Crippen molar-refractivity contribution in [3.8, 4) is 5.88 Å². The minimum Gasteiger partial charge on any atom is -0.477 e. The molecule has 0 aliphatic rings. The molecule has 2 aromatic heterocycles. The van der Waals surface area contributed by atoms with Crippen molar-refractivity contribution < 1.29 is 9.53 Å². The molecule has 0 spiro atoms. The minimum absolute atomic E-state index is 0.0234. The molecular weight excluding hydrogens is 430 g/mol. The number of halogens is 1. The third-order valence-electron chi connectivity index (χ3n) is 4.86. The highest BCUT2D eigenvalue weighted by Crippen LogP contribution is 2.27. The molecule has 0 fully saturated rings. The van der Waals surface area contributed by atoms with Gasteiger partial charge in [0.1, 0.15) is 5.65 Å². The Kier molecular flexibility index (Phi) is 6.59. The van der Waals surface area contributed by atoms with Crippen LogP contribution < -0.4 is 4.74 Å². The van der Waals surface area contributed by atoms with E-state index in [-0.39, 0.29) is 5.78 Å². The van der Waals surface area contributed by atoms with Gasteiger partial charge in [-0.1, -0.05) is 54.6 Å². The van der Waals surface area contributed by atoms with E-state index in [9.17, 15) is 4.79 Å². The number of hydrogen-bond acceptors (Lipinski definition) is 5. The van der Waals surface area contributed by atoms with E-state index in [0.29, 0.717) is 40.3 Å². The number of aromatic nitrogens is 3. The molecule has 0 unspecified atom stereocenters. The molecule has 0 amide bonds. The molecule has 31 heavy (non-hydrogen) atoms. The van der Waals surface area contributed by atoms with Crippen LogP contribution in [0.15, 0.2) is 66.0 Å². The first-order valence-corrected chi connectivity index (χ1v) is 11.6. The minimum atomic E-state index is -0.0234. The van der Waals surface area contributed by atoms with E-state index in [1.165, 1.54) is 11.8 Å². The summed E-state index contributed by atoms with van der Waals surface area (Å²) in [5.74, 6) is 0.601. The summed E-state index contributed by atoms with van der Waals surface area (Å²) in [6, 6.07) is 16.6. The highest BCUT2D eigenvalue weighted by atomic mass is 35.5. The normalized spacial score (nSPS) is 11.1. The second-order valence-corrected chi connectivity index (χ2v) is 8.29. The molecule has 2 aromatic carbocycles. The predicted octanol–water partition coefficient (Wildman–Crippen LogP) is 5.87. The van der Waals surface area contributed by atoms with Gasteiger partial charge in [-0.3, -0.25) is 4.79 Å². The summed E-state index contributed by atoms with van der Waals surface area (Å²) in [4.78, 5) is 21.9. The number of thioether (sulfide) groups is 1. The van der Waals surface area contributed by atoms with E-state index in [0.717, 1.165) is 23.0 Å². The number of benzene rings is 2. The van der Waals surface area contributed by atoms with Gasteiger partial charge in [-0.2, -0.15) is 4.98 Å². The third kappa shape index (κ3) is 4.75. The second kappa shape index (κ2) is 9.54. The van der Waals surface area contributed by atoms with Crippen LogP contribution >= 0.6 is 23.4 Å². The average molecular weight is 452 g/mol. The number of rotatable bonds is 8. The van der Waals surface area contributed by atoms with E-state index in [1.54, 1.807) is 24.3 Å². The number of ether oxygens (including phenoxy) is 1. The van der Waals surface area contributed by atoms with Crippen LogP contribution in [0, 0.1) is 0 Å². The Balaban J connectivity index is 1.58. The standard InChI is InChI=1S/C24H22ClN3O2S/c1-3-14-30-23-20-12-13-28(22(20)26-24(27-23)31-2)15-16-4-6-17(7-5-16)21(29)18-8-10-19(25)11-9-18/h4-13H,3,14-15H2,1-2H3. The maximum absolute atomic E-state index is 12.7. The largest absolute Gasteiger partial charge is 0.477 e. The van der Waals surface area contributed by atoms with Gasteiger partial charge in [0, 0.05) is 28.9 Å². The van der Waals surface area contributed by atoms with Crippen molar-refractivity contribution in [3.05, 3.63) is 82.5 Å². The molecule has 0 saturated heterocycles. The van der Waals surface area contributed by atoms with Gasteiger partial charge in [-0.05, 0) is 48.6 Å². The van der Waals surface area contributed by atoms with Gasteiger partial charge in [0.25, 0.3) is 0 Å².